The van der Waals surface area contributed by atoms with Crippen LogP contribution < -0.4 is 0 Å². The van der Waals surface area contributed by atoms with Gasteiger partial charge in [-0.25, -0.2) is 9.97 Å². The number of piperidine rings is 1. The third-order valence-corrected chi connectivity index (χ3v) is 7.54. The number of fused-ring (bicyclic) bond motifs is 1. The van der Waals surface area contributed by atoms with E-state index in [4.69, 9.17) is 9.97 Å². The summed E-state index contributed by atoms with van der Waals surface area (Å²) >= 11 is 3.70. The summed E-state index contributed by atoms with van der Waals surface area (Å²) < 4.78 is 0. The fourth-order valence-corrected chi connectivity index (χ4v) is 5.95. The van der Waals surface area contributed by atoms with Crippen molar-refractivity contribution in [2.75, 3.05) is 20.1 Å². The molecule has 0 amide bonds. The first-order chi connectivity index (χ1) is 13.0. The lowest BCUT2D eigenvalue weighted by atomic mass is 9.99. The second-order valence-corrected chi connectivity index (χ2v) is 9.95. The van der Waals surface area contributed by atoms with E-state index in [2.05, 4.69) is 55.4 Å². The first-order valence-electron chi connectivity index (χ1n) is 9.72. The Morgan fingerprint density at radius 2 is 1.81 bits per heavy atom. The second kappa shape index (κ2) is 7.90. The van der Waals surface area contributed by atoms with Crippen LogP contribution in [0.1, 0.15) is 44.0 Å². The lowest BCUT2D eigenvalue weighted by molar-refractivity contribution is 0.282. The largest absolute Gasteiger partial charge is 0.306 e. The van der Waals surface area contributed by atoms with Crippen LogP contribution in [0.3, 0.4) is 0 Å². The number of thioether (sulfide) groups is 1. The summed E-state index contributed by atoms with van der Waals surface area (Å²) in [6.07, 6.45) is 2.46. The van der Waals surface area contributed by atoms with Gasteiger partial charge in [-0.1, -0.05) is 38.1 Å². The van der Waals surface area contributed by atoms with Crippen LogP contribution in [-0.2, 0) is 0 Å². The van der Waals surface area contributed by atoms with Crippen LogP contribution in [0, 0.1) is 6.92 Å². The van der Waals surface area contributed by atoms with Gasteiger partial charge in [-0.15, -0.1) is 23.1 Å². The van der Waals surface area contributed by atoms with Gasteiger partial charge < -0.3 is 4.90 Å². The topological polar surface area (TPSA) is 29.0 Å². The number of aryl methyl sites for hydroxylation is 1. The fraction of sp³-hybridized carbons (Fsp3) is 0.455. The van der Waals surface area contributed by atoms with E-state index >= 15 is 0 Å². The number of nitrogens with zero attached hydrogens (tertiary/aromatic N) is 3. The number of benzene rings is 1. The molecule has 3 aromatic rings. The monoisotopic (exact) mass is 397 g/mol. The van der Waals surface area contributed by atoms with Crippen molar-refractivity contribution < 1.29 is 0 Å². The molecule has 1 aliphatic rings. The van der Waals surface area contributed by atoms with Crippen LogP contribution in [0.2, 0.25) is 0 Å². The quantitative estimate of drug-likeness (QED) is 0.507. The van der Waals surface area contributed by atoms with Crippen LogP contribution in [0.15, 0.2) is 34.7 Å². The number of hydrogen-bond acceptors (Lipinski definition) is 5. The number of rotatable bonds is 4. The highest BCUT2D eigenvalue weighted by atomic mass is 32.2. The predicted molar refractivity (Wildman–Crippen MR) is 118 cm³/mol. The van der Waals surface area contributed by atoms with Crippen molar-refractivity contribution in [1.82, 2.24) is 14.9 Å². The molecule has 27 heavy (non-hydrogen) atoms. The summed E-state index contributed by atoms with van der Waals surface area (Å²) in [5, 5.41) is 5.31. The Balaban J connectivity index is 1.72. The Bertz CT molecular complexity index is 923. The molecule has 0 saturated carbocycles. The van der Waals surface area contributed by atoms with Crippen LogP contribution >= 0.6 is 23.1 Å². The minimum atomic E-state index is 0.555. The van der Waals surface area contributed by atoms with Crippen molar-refractivity contribution in [3.05, 3.63) is 41.0 Å². The normalized spacial score (nSPS) is 16.5. The predicted octanol–water partition coefficient (Wildman–Crippen LogP) is 5.98. The van der Waals surface area contributed by atoms with Crippen LogP contribution in [0.25, 0.3) is 21.3 Å². The molecule has 0 bridgehead atoms. The molecule has 0 unspecified atom stereocenters. The highest BCUT2D eigenvalue weighted by Crippen LogP contribution is 2.41. The Kier molecular flexibility index (Phi) is 5.53. The SMILES string of the molecule is Cc1nc(SC2CCN(C)CC2)c2c(-c3ccc(C(C)C)cc3)csc2n1. The fourth-order valence-electron chi connectivity index (χ4n) is 3.62. The molecule has 5 heteroatoms. The van der Waals surface area contributed by atoms with Crippen molar-refractivity contribution in [3.63, 3.8) is 0 Å². The molecule has 0 spiro atoms. The van der Waals surface area contributed by atoms with Crippen molar-refractivity contribution in [2.24, 2.45) is 0 Å². The first-order valence-corrected chi connectivity index (χ1v) is 11.5. The number of aromatic nitrogens is 2. The van der Waals surface area contributed by atoms with E-state index in [1.807, 2.05) is 18.7 Å². The third kappa shape index (κ3) is 4.05. The molecule has 3 heterocycles. The van der Waals surface area contributed by atoms with E-state index < -0.39 is 0 Å². The van der Waals surface area contributed by atoms with Crippen LogP contribution in [0.4, 0.5) is 0 Å². The van der Waals surface area contributed by atoms with Crippen LogP contribution in [0.5, 0.6) is 0 Å². The molecular weight excluding hydrogens is 370 g/mol. The molecular formula is C22H27N3S2. The maximum Gasteiger partial charge on any atom is 0.128 e. The van der Waals surface area contributed by atoms with Gasteiger partial charge >= 0.3 is 0 Å². The highest BCUT2D eigenvalue weighted by molar-refractivity contribution is 8.00. The summed E-state index contributed by atoms with van der Waals surface area (Å²) in [4.78, 5) is 13.1. The molecule has 0 atom stereocenters. The summed E-state index contributed by atoms with van der Waals surface area (Å²) in [5.74, 6) is 1.43. The molecule has 1 fully saturated rings. The average Bonchev–Trinajstić information content (AvgIpc) is 3.07. The van der Waals surface area contributed by atoms with E-state index in [9.17, 15) is 0 Å². The third-order valence-electron chi connectivity index (χ3n) is 5.34. The van der Waals surface area contributed by atoms with Crippen LogP contribution in [-0.4, -0.2) is 40.3 Å². The molecule has 0 N–H and O–H groups in total. The zero-order valence-electron chi connectivity index (χ0n) is 16.5. The Morgan fingerprint density at radius 3 is 2.48 bits per heavy atom. The van der Waals surface area contributed by atoms with Crippen molar-refractivity contribution in [1.29, 1.82) is 0 Å². The number of likely N-dealkylation sites (tertiary alicyclic amines) is 1. The van der Waals surface area contributed by atoms with Gasteiger partial charge in [0.1, 0.15) is 15.7 Å². The molecule has 1 aromatic carbocycles. The van der Waals surface area contributed by atoms with Gasteiger partial charge in [0.2, 0.25) is 0 Å². The van der Waals surface area contributed by atoms with Gasteiger partial charge in [0, 0.05) is 16.2 Å². The summed E-state index contributed by atoms with van der Waals surface area (Å²) in [6.45, 7) is 8.84. The van der Waals surface area contributed by atoms with Gasteiger partial charge in [0.05, 0.1) is 5.39 Å². The smallest absolute Gasteiger partial charge is 0.128 e. The van der Waals surface area contributed by atoms with Gasteiger partial charge in [-0.2, -0.15) is 0 Å². The van der Waals surface area contributed by atoms with E-state index in [1.165, 1.54) is 48.0 Å². The maximum absolute atomic E-state index is 4.86. The lowest BCUT2D eigenvalue weighted by Crippen LogP contribution is -2.31. The van der Waals surface area contributed by atoms with Gasteiger partial charge in [-0.05, 0) is 56.9 Å². The zero-order valence-corrected chi connectivity index (χ0v) is 18.2. The zero-order chi connectivity index (χ0) is 19.0. The van der Waals surface area contributed by atoms with Gasteiger partial charge in [0.15, 0.2) is 0 Å². The molecule has 0 radical (unpaired) electrons. The molecule has 142 valence electrons. The summed E-state index contributed by atoms with van der Waals surface area (Å²) in [5.41, 5.74) is 3.93. The van der Waals surface area contributed by atoms with Gasteiger partial charge in [-0.3, -0.25) is 0 Å². The second-order valence-electron chi connectivity index (χ2n) is 7.80. The molecule has 3 nitrogen and oxygen atoms in total. The standard InChI is InChI=1S/C22H27N3S2/c1-14(2)16-5-7-17(8-6-16)19-13-26-21-20(19)22(24-15(3)23-21)27-18-9-11-25(4)12-10-18/h5-8,13-14,18H,9-12H2,1-4H3. The lowest BCUT2D eigenvalue weighted by Gasteiger charge is -2.28. The van der Waals surface area contributed by atoms with E-state index in [0.29, 0.717) is 11.2 Å². The van der Waals surface area contributed by atoms with Crippen molar-refractivity contribution in [2.45, 2.75) is 49.8 Å². The molecule has 1 aliphatic heterocycles. The Morgan fingerprint density at radius 1 is 1.11 bits per heavy atom. The van der Waals surface area contributed by atoms with Crippen molar-refractivity contribution in [3.8, 4) is 11.1 Å². The average molecular weight is 398 g/mol. The molecule has 4 rings (SSSR count). The van der Waals surface area contributed by atoms with E-state index in [0.717, 1.165) is 15.7 Å². The molecule has 2 aromatic heterocycles. The van der Waals surface area contributed by atoms with Gasteiger partial charge in [0.25, 0.3) is 0 Å². The van der Waals surface area contributed by atoms with E-state index in [-0.39, 0.29) is 0 Å². The highest BCUT2D eigenvalue weighted by Gasteiger charge is 2.22. The summed E-state index contributed by atoms with van der Waals surface area (Å²) in [6, 6.07) is 9.01. The minimum Gasteiger partial charge on any atom is -0.306 e. The molecule has 1 saturated heterocycles. The van der Waals surface area contributed by atoms with E-state index in [1.54, 1.807) is 11.3 Å². The Labute approximate surface area is 170 Å². The minimum absolute atomic E-state index is 0.555. The number of thiophene rings is 1. The Hall–Kier alpha value is -1.43. The first kappa shape index (κ1) is 18.9. The molecule has 0 aliphatic carbocycles. The number of hydrogen-bond donors (Lipinski definition) is 0. The maximum atomic E-state index is 4.86. The van der Waals surface area contributed by atoms with Crippen molar-refractivity contribution >= 4 is 33.3 Å². The summed E-state index contributed by atoms with van der Waals surface area (Å²) in [7, 11) is 2.21.